The zero-order valence-corrected chi connectivity index (χ0v) is 17.1. The highest BCUT2D eigenvalue weighted by Gasteiger charge is 2.39. The molecule has 2 aliphatic rings. The van der Waals surface area contributed by atoms with E-state index < -0.39 is 23.3 Å². The zero-order valence-electron chi connectivity index (χ0n) is 17.1. The van der Waals surface area contributed by atoms with Crippen molar-refractivity contribution < 1.29 is 36.6 Å². The fourth-order valence-corrected chi connectivity index (χ4v) is 4.36. The molecule has 0 spiro atoms. The Morgan fingerprint density at radius 3 is 2.43 bits per heavy atom. The van der Waals surface area contributed by atoms with E-state index in [9.17, 15) is 22.4 Å². The Labute approximate surface area is 173 Å². The Morgan fingerprint density at radius 2 is 1.87 bits per heavy atom. The van der Waals surface area contributed by atoms with Crippen LogP contribution in [0.2, 0.25) is 0 Å². The normalized spacial score (nSPS) is 27.6. The molecule has 1 aromatic carbocycles. The van der Waals surface area contributed by atoms with Gasteiger partial charge in [0.2, 0.25) is 0 Å². The van der Waals surface area contributed by atoms with E-state index in [0.717, 1.165) is 44.5 Å². The third-order valence-electron chi connectivity index (χ3n) is 6.05. The predicted molar refractivity (Wildman–Crippen MR) is 102 cm³/mol. The molecule has 0 aromatic heterocycles. The zero-order chi connectivity index (χ0) is 21.7. The molecule has 1 aromatic rings. The number of aldehydes is 1. The lowest BCUT2D eigenvalue weighted by atomic mass is 9.78. The standard InChI is InChI=1S/C22H28F4O4/c1-2-28-19-9-7-16(21(23)20(19)22(24,25)26)12-29-17-8-10-18(30-13-17)15-5-3-14(11-27)4-6-15/h7,9,11,14-15,17-18H,2-6,8,10,12-13H2,1H3. The van der Waals surface area contributed by atoms with E-state index >= 15 is 0 Å². The number of halogens is 4. The Balaban J connectivity index is 1.54. The molecule has 30 heavy (non-hydrogen) atoms. The maximum Gasteiger partial charge on any atom is 0.422 e. The van der Waals surface area contributed by atoms with Crippen LogP contribution >= 0.6 is 0 Å². The van der Waals surface area contributed by atoms with Crippen molar-refractivity contribution in [2.75, 3.05) is 13.2 Å². The second-order valence-electron chi connectivity index (χ2n) is 8.04. The summed E-state index contributed by atoms with van der Waals surface area (Å²) in [6.07, 6.45) is 1.25. The number of ether oxygens (including phenoxy) is 3. The monoisotopic (exact) mass is 432 g/mol. The summed E-state index contributed by atoms with van der Waals surface area (Å²) in [4.78, 5) is 10.9. The highest BCUT2D eigenvalue weighted by atomic mass is 19.4. The number of hydrogen-bond acceptors (Lipinski definition) is 4. The first kappa shape index (κ1) is 23.0. The molecule has 0 amide bonds. The van der Waals surface area contributed by atoms with Crippen LogP contribution in [0.15, 0.2) is 12.1 Å². The molecule has 1 aliphatic heterocycles. The quantitative estimate of drug-likeness (QED) is 0.433. The third-order valence-corrected chi connectivity index (χ3v) is 6.05. The third kappa shape index (κ3) is 5.52. The Bertz CT molecular complexity index is 706. The maximum absolute atomic E-state index is 14.5. The molecule has 0 N–H and O–H groups in total. The second kappa shape index (κ2) is 10.1. The van der Waals surface area contributed by atoms with Crippen LogP contribution in [-0.4, -0.2) is 31.7 Å². The Morgan fingerprint density at radius 1 is 1.13 bits per heavy atom. The number of hydrogen-bond donors (Lipinski definition) is 0. The van der Waals surface area contributed by atoms with Crippen molar-refractivity contribution in [2.45, 2.75) is 70.4 Å². The summed E-state index contributed by atoms with van der Waals surface area (Å²) < 4.78 is 70.9. The van der Waals surface area contributed by atoms with Crippen molar-refractivity contribution in [3.05, 3.63) is 29.1 Å². The molecule has 1 saturated heterocycles. The van der Waals surface area contributed by atoms with Crippen LogP contribution < -0.4 is 4.74 Å². The minimum atomic E-state index is -4.85. The first-order valence-corrected chi connectivity index (χ1v) is 10.5. The molecule has 1 saturated carbocycles. The summed E-state index contributed by atoms with van der Waals surface area (Å²) in [5.74, 6) is -1.28. The molecule has 3 rings (SSSR count). The fraction of sp³-hybridized carbons (Fsp3) is 0.682. The highest BCUT2D eigenvalue weighted by Crippen LogP contribution is 2.40. The van der Waals surface area contributed by atoms with Crippen LogP contribution in [0.3, 0.4) is 0 Å². The minimum absolute atomic E-state index is 0.00966. The van der Waals surface area contributed by atoms with E-state index in [0.29, 0.717) is 18.9 Å². The van der Waals surface area contributed by atoms with Gasteiger partial charge in [-0.3, -0.25) is 0 Å². The molecule has 2 atom stereocenters. The van der Waals surface area contributed by atoms with Crippen molar-refractivity contribution in [1.29, 1.82) is 0 Å². The fourth-order valence-electron chi connectivity index (χ4n) is 4.36. The summed E-state index contributed by atoms with van der Waals surface area (Å²) in [5.41, 5.74) is -1.54. The molecule has 2 unspecified atom stereocenters. The van der Waals surface area contributed by atoms with Gasteiger partial charge in [-0.1, -0.05) is 6.07 Å². The van der Waals surface area contributed by atoms with Crippen molar-refractivity contribution in [3.8, 4) is 5.75 Å². The summed E-state index contributed by atoms with van der Waals surface area (Å²) >= 11 is 0. The largest absolute Gasteiger partial charge is 0.493 e. The number of benzene rings is 1. The first-order valence-electron chi connectivity index (χ1n) is 10.5. The van der Waals surface area contributed by atoms with Crippen molar-refractivity contribution in [3.63, 3.8) is 0 Å². The molecule has 2 fully saturated rings. The minimum Gasteiger partial charge on any atom is -0.493 e. The second-order valence-corrected chi connectivity index (χ2v) is 8.04. The number of carbonyl (C=O) groups excluding carboxylic acids is 1. The van der Waals surface area contributed by atoms with Crippen LogP contribution in [0.5, 0.6) is 5.75 Å². The van der Waals surface area contributed by atoms with Crippen LogP contribution in [0.1, 0.15) is 56.6 Å². The molecule has 0 radical (unpaired) electrons. The first-order chi connectivity index (χ1) is 14.3. The summed E-state index contributed by atoms with van der Waals surface area (Å²) in [6.45, 7) is 1.63. The van der Waals surface area contributed by atoms with E-state index in [-0.39, 0.29) is 36.9 Å². The highest BCUT2D eigenvalue weighted by molar-refractivity contribution is 5.53. The average molecular weight is 432 g/mol. The SMILES string of the molecule is CCOc1ccc(COC2CCC(C3CCC(C=O)CC3)OC2)c(F)c1C(F)(F)F. The number of alkyl halides is 3. The van der Waals surface area contributed by atoms with Gasteiger partial charge in [0.25, 0.3) is 0 Å². The van der Waals surface area contributed by atoms with Gasteiger partial charge in [0.15, 0.2) is 0 Å². The summed E-state index contributed by atoms with van der Waals surface area (Å²) in [6, 6.07) is 2.41. The Hall–Kier alpha value is -1.67. The summed E-state index contributed by atoms with van der Waals surface area (Å²) in [7, 11) is 0. The molecule has 4 nitrogen and oxygen atoms in total. The van der Waals surface area contributed by atoms with Crippen LogP contribution in [0.25, 0.3) is 0 Å². The Kier molecular flexibility index (Phi) is 7.74. The van der Waals surface area contributed by atoms with Gasteiger partial charge in [-0.25, -0.2) is 4.39 Å². The van der Waals surface area contributed by atoms with Crippen LogP contribution in [-0.2, 0) is 27.1 Å². The molecule has 8 heteroatoms. The molecule has 0 bridgehead atoms. The van der Waals surface area contributed by atoms with Crippen LogP contribution in [0.4, 0.5) is 17.6 Å². The van der Waals surface area contributed by atoms with Crippen molar-refractivity contribution in [1.82, 2.24) is 0 Å². The van der Waals surface area contributed by atoms with Gasteiger partial charge in [-0.15, -0.1) is 0 Å². The number of carbonyl (C=O) groups is 1. The van der Waals surface area contributed by atoms with Gasteiger partial charge >= 0.3 is 6.18 Å². The van der Waals surface area contributed by atoms with Gasteiger partial charge < -0.3 is 19.0 Å². The van der Waals surface area contributed by atoms with Crippen LogP contribution in [0, 0.1) is 17.7 Å². The average Bonchev–Trinajstić information content (AvgIpc) is 2.73. The molecular weight excluding hydrogens is 404 g/mol. The predicted octanol–water partition coefficient (Wildman–Crippen LogP) is 5.31. The summed E-state index contributed by atoms with van der Waals surface area (Å²) in [5, 5.41) is 0. The van der Waals surface area contributed by atoms with E-state index in [1.165, 1.54) is 6.07 Å². The lowest BCUT2D eigenvalue weighted by Gasteiger charge is -2.36. The van der Waals surface area contributed by atoms with Crippen molar-refractivity contribution in [2.24, 2.45) is 11.8 Å². The van der Waals surface area contributed by atoms with Gasteiger partial charge in [-0.2, -0.15) is 13.2 Å². The van der Waals surface area contributed by atoms with Gasteiger partial charge in [0.05, 0.1) is 32.0 Å². The topological polar surface area (TPSA) is 44.8 Å². The number of rotatable bonds is 7. The van der Waals surface area contributed by atoms with E-state index in [1.54, 1.807) is 6.92 Å². The maximum atomic E-state index is 14.5. The molecule has 168 valence electrons. The van der Waals surface area contributed by atoms with Gasteiger partial charge in [-0.05, 0) is 57.4 Å². The molecule has 1 aliphatic carbocycles. The van der Waals surface area contributed by atoms with E-state index in [1.807, 2.05) is 0 Å². The molecular formula is C22H28F4O4. The molecule has 1 heterocycles. The lowest BCUT2D eigenvalue weighted by Crippen LogP contribution is -2.37. The van der Waals surface area contributed by atoms with Gasteiger partial charge in [0, 0.05) is 11.5 Å². The lowest BCUT2D eigenvalue weighted by molar-refractivity contribution is -0.141. The van der Waals surface area contributed by atoms with E-state index in [4.69, 9.17) is 14.2 Å². The van der Waals surface area contributed by atoms with E-state index in [2.05, 4.69) is 0 Å². The smallest absolute Gasteiger partial charge is 0.422 e. The van der Waals surface area contributed by atoms with Crippen molar-refractivity contribution >= 4 is 6.29 Å². The van der Waals surface area contributed by atoms with Gasteiger partial charge in [0.1, 0.15) is 23.4 Å².